The normalized spacial score (nSPS) is 16.8. The number of amides is 1. The van der Waals surface area contributed by atoms with Gasteiger partial charge < -0.3 is 14.7 Å². The van der Waals surface area contributed by atoms with Crippen LogP contribution < -0.4 is 5.32 Å². The van der Waals surface area contributed by atoms with Crippen LogP contribution in [0.4, 0.5) is 5.13 Å². The first-order chi connectivity index (χ1) is 20.9. The zero-order valence-corrected chi connectivity index (χ0v) is 25.7. The minimum atomic E-state index is -0.0779. The van der Waals surface area contributed by atoms with Crippen LogP contribution >= 0.6 is 11.3 Å². The summed E-state index contributed by atoms with van der Waals surface area (Å²) >= 11 is 1.64. The van der Waals surface area contributed by atoms with Gasteiger partial charge in [-0.15, -0.1) is 11.3 Å². The van der Waals surface area contributed by atoms with E-state index in [1.54, 1.807) is 41.7 Å². The average molecular weight is 601 g/mol. The number of phenols is 1. The number of benzene rings is 3. The van der Waals surface area contributed by atoms with Crippen LogP contribution in [0.5, 0.6) is 5.75 Å². The summed E-state index contributed by atoms with van der Waals surface area (Å²) in [4.78, 5) is 34.2. The van der Waals surface area contributed by atoms with Gasteiger partial charge in [0.05, 0.1) is 18.9 Å². The number of nitrogens with zero attached hydrogens (tertiary/aromatic N) is 3. The largest absolute Gasteiger partial charge is 0.508 e. The maximum absolute atomic E-state index is 12.8. The summed E-state index contributed by atoms with van der Waals surface area (Å²) in [5.74, 6) is 0.164. The number of ether oxygens (including phenoxy) is 1. The van der Waals surface area contributed by atoms with E-state index in [0.717, 1.165) is 98.5 Å². The first-order valence-corrected chi connectivity index (χ1v) is 15.8. The van der Waals surface area contributed by atoms with Gasteiger partial charge in [0.15, 0.2) is 5.13 Å². The van der Waals surface area contributed by atoms with E-state index < -0.39 is 0 Å². The number of aromatic hydroxyl groups is 1. The van der Waals surface area contributed by atoms with Crippen LogP contribution in [0.15, 0.2) is 60.7 Å². The van der Waals surface area contributed by atoms with E-state index in [-0.39, 0.29) is 11.7 Å². The van der Waals surface area contributed by atoms with E-state index in [1.807, 2.05) is 24.3 Å². The summed E-state index contributed by atoms with van der Waals surface area (Å²) in [6.45, 7) is 7.78. The summed E-state index contributed by atoms with van der Waals surface area (Å²) in [6.07, 6.45) is 5.09. The number of anilines is 1. The highest BCUT2D eigenvalue weighted by atomic mass is 32.1. The van der Waals surface area contributed by atoms with Gasteiger partial charge in [-0.3, -0.25) is 19.8 Å². The summed E-state index contributed by atoms with van der Waals surface area (Å²) in [5, 5.41) is 14.8. The Bertz CT molecular complexity index is 1550. The molecular formula is C34H40N4O4S. The fourth-order valence-corrected chi connectivity index (χ4v) is 6.82. The number of hydrogen-bond acceptors (Lipinski definition) is 8. The number of carbonyl (C=O) groups is 2. The summed E-state index contributed by atoms with van der Waals surface area (Å²) in [7, 11) is 2.11. The number of morpholine rings is 1. The van der Waals surface area contributed by atoms with E-state index in [1.165, 1.54) is 4.88 Å². The van der Waals surface area contributed by atoms with E-state index in [4.69, 9.17) is 9.72 Å². The van der Waals surface area contributed by atoms with Crippen molar-refractivity contribution in [3.63, 3.8) is 0 Å². The first kappa shape index (κ1) is 30.8. The van der Waals surface area contributed by atoms with Crippen LogP contribution in [0.25, 0.3) is 10.8 Å². The van der Waals surface area contributed by atoms with Crippen molar-refractivity contribution in [1.82, 2.24) is 14.8 Å². The Balaban J connectivity index is 0.000000235. The first-order valence-electron chi connectivity index (χ1n) is 15.0. The fourth-order valence-electron chi connectivity index (χ4n) is 5.74. The molecule has 6 rings (SSSR count). The summed E-state index contributed by atoms with van der Waals surface area (Å²) in [5.41, 5.74) is 3.66. The van der Waals surface area contributed by atoms with Gasteiger partial charge in [0, 0.05) is 41.7 Å². The number of fused-ring (bicyclic) bond motifs is 2. The molecular weight excluding hydrogens is 560 g/mol. The van der Waals surface area contributed by atoms with Gasteiger partial charge >= 0.3 is 0 Å². The molecule has 9 heteroatoms. The number of phenolic OH excluding ortho intramolecular Hbond substituents is 1. The third-order valence-corrected chi connectivity index (χ3v) is 8.96. The second kappa shape index (κ2) is 14.7. The molecule has 0 saturated carbocycles. The van der Waals surface area contributed by atoms with Crippen molar-refractivity contribution in [2.75, 3.05) is 45.2 Å². The molecule has 226 valence electrons. The standard InChI is InChI=1S/C23H32N4O2S.C11H8O2/c1-3-9-26(2)16-17-5-4-6-18(14-17)22(28)25-23-24-20-8-7-19(15-21(20)30-23)27-10-12-29-13-11-27;12-7-8-1-2-10-6-11(13)4-3-9(10)5-8/h4-6,14,19H,3,7-13,15-16H2,1-2H3,(H,24,25,28);1-7,13H. The number of thiazole rings is 1. The molecule has 0 bridgehead atoms. The third kappa shape index (κ3) is 8.26. The van der Waals surface area contributed by atoms with Gasteiger partial charge in [0.25, 0.3) is 5.91 Å². The fraction of sp³-hybridized carbons (Fsp3) is 0.382. The van der Waals surface area contributed by atoms with Gasteiger partial charge in [0.1, 0.15) is 12.0 Å². The minimum absolute atomic E-state index is 0.0779. The maximum atomic E-state index is 12.8. The zero-order valence-electron chi connectivity index (χ0n) is 24.9. The molecule has 8 nitrogen and oxygen atoms in total. The molecule has 0 spiro atoms. The molecule has 2 N–H and O–H groups in total. The number of aryl methyl sites for hydroxylation is 1. The van der Waals surface area contributed by atoms with Gasteiger partial charge in [-0.25, -0.2) is 4.98 Å². The Morgan fingerprint density at radius 2 is 1.93 bits per heavy atom. The van der Waals surface area contributed by atoms with E-state index in [0.29, 0.717) is 17.2 Å². The van der Waals surface area contributed by atoms with Gasteiger partial charge in [-0.05, 0) is 85.9 Å². The Hall–Kier alpha value is -3.63. The Labute approximate surface area is 257 Å². The third-order valence-electron chi connectivity index (χ3n) is 7.93. The summed E-state index contributed by atoms with van der Waals surface area (Å²) in [6, 6.07) is 18.9. The van der Waals surface area contributed by atoms with Crippen LogP contribution in [0.2, 0.25) is 0 Å². The Morgan fingerprint density at radius 1 is 1.14 bits per heavy atom. The number of rotatable bonds is 8. The van der Waals surface area contributed by atoms with E-state index >= 15 is 0 Å². The van der Waals surface area contributed by atoms with Gasteiger partial charge in [-0.1, -0.05) is 37.3 Å². The highest BCUT2D eigenvalue weighted by molar-refractivity contribution is 7.15. The lowest BCUT2D eigenvalue weighted by Gasteiger charge is -2.36. The monoisotopic (exact) mass is 600 g/mol. The van der Waals surface area contributed by atoms with Crippen LogP contribution in [-0.4, -0.2) is 78.0 Å². The molecule has 1 atom stereocenters. The number of nitrogens with one attached hydrogen (secondary N) is 1. The van der Waals surface area contributed by atoms with Crippen LogP contribution in [0, 0.1) is 0 Å². The number of hydrogen-bond donors (Lipinski definition) is 2. The van der Waals surface area contributed by atoms with Gasteiger partial charge in [-0.2, -0.15) is 0 Å². The van der Waals surface area contributed by atoms with Crippen LogP contribution in [0.3, 0.4) is 0 Å². The van der Waals surface area contributed by atoms with Crippen LogP contribution in [0.1, 0.15) is 56.6 Å². The van der Waals surface area contributed by atoms with Crippen molar-refractivity contribution in [3.8, 4) is 5.75 Å². The molecule has 1 saturated heterocycles. The highest BCUT2D eigenvalue weighted by Gasteiger charge is 2.28. The number of carbonyl (C=O) groups excluding carboxylic acids is 2. The molecule has 43 heavy (non-hydrogen) atoms. The quantitative estimate of drug-likeness (QED) is 0.248. The van der Waals surface area contributed by atoms with Crippen LogP contribution in [-0.2, 0) is 24.1 Å². The molecule has 1 fully saturated rings. The van der Waals surface area contributed by atoms with Crippen molar-refractivity contribution < 1.29 is 19.4 Å². The average Bonchev–Trinajstić information content (AvgIpc) is 3.43. The lowest BCUT2D eigenvalue weighted by molar-refractivity contribution is 0.0139. The Kier molecular flexibility index (Phi) is 10.5. The van der Waals surface area contributed by atoms with E-state index in [2.05, 4.69) is 35.2 Å². The highest BCUT2D eigenvalue weighted by Crippen LogP contribution is 2.32. The predicted molar refractivity (Wildman–Crippen MR) is 172 cm³/mol. The lowest BCUT2D eigenvalue weighted by atomic mass is 9.96. The zero-order chi connectivity index (χ0) is 30.2. The predicted octanol–water partition coefficient (Wildman–Crippen LogP) is 5.78. The van der Waals surface area contributed by atoms with Crippen molar-refractivity contribution in [2.24, 2.45) is 0 Å². The molecule has 2 heterocycles. The number of aldehydes is 1. The molecule has 0 radical (unpaired) electrons. The molecule has 1 aliphatic heterocycles. The molecule has 4 aromatic rings. The number of aromatic nitrogens is 1. The minimum Gasteiger partial charge on any atom is -0.508 e. The Morgan fingerprint density at radius 3 is 2.72 bits per heavy atom. The topological polar surface area (TPSA) is 95.0 Å². The van der Waals surface area contributed by atoms with Gasteiger partial charge in [0.2, 0.25) is 0 Å². The molecule has 3 aromatic carbocycles. The van der Waals surface area contributed by atoms with Crippen molar-refractivity contribution in [1.29, 1.82) is 0 Å². The SMILES string of the molecule is CCCN(C)Cc1cccc(C(=O)Nc2nc3c(s2)CC(N2CCOCC2)CC3)c1.O=Cc1ccc2cc(O)ccc2c1. The second-order valence-corrected chi connectivity index (χ2v) is 12.3. The lowest BCUT2D eigenvalue weighted by Crippen LogP contribution is -2.45. The van der Waals surface area contributed by atoms with E-state index in [9.17, 15) is 14.7 Å². The smallest absolute Gasteiger partial charge is 0.257 e. The van der Waals surface area contributed by atoms with Crippen molar-refractivity contribution >= 4 is 39.4 Å². The summed E-state index contributed by atoms with van der Waals surface area (Å²) < 4.78 is 5.49. The molecule has 2 aliphatic rings. The molecule has 1 aliphatic carbocycles. The molecule has 1 aromatic heterocycles. The maximum Gasteiger partial charge on any atom is 0.257 e. The van der Waals surface area contributed by atoms with Crippen molar-refractivity contribution in [2.45, 2.75) is 45.2 Å². The molecule has 1 unspecified atom stereocenters. The van der Waals surface area contributed by atoms with Crippen molar-refractivity contribution in [3.05, 3.63) is 87.9 Å². The second-order valence-electron chi connectivity index (χ2n) is 11.2. The molecule has 1 amide bonds.